The van der Waals surface area contributed by atoms with Crippen LogP contribution in [0.15, 0.2) is 36.5 Å². The Kier molecular flexibility index (Phi) is 5.09. The first-order chi connectivity index (χ1) is 12.7. The van der Waals surface area contributed by atoms with Gasteiger partial charge in [-0.25, -0.2) is 0 Å². The van der Waals surface area contributed by atoms with E-state index in [4.69, 9.17) is 0 Å². The van der Waals surface area contributed by atoms with E-state index < -0.39 is 11.9 Å². The fraction of sp³-hybridized carbons (Fsp3) is 0.476. The summed E-state index contributed by atoms with van der Waals surface area (Å²) in [6.07, 6.45) is 2.31. The van der Waals surface area contributed by atoms with E-state index in [0.29, 0.717) is 18.5 Å². The Balaban J connectivity index is 1.90. The van der Waals surface area contributed by atoms with E-state index in [1.807, 2.05) is 41.9 Å². The van der Waals surface area contributed by atoms with E-state index in [-0.39, 0.29) is 23.9 Å². The average molecular weight is 369 g/mol. The molecule has 1 aromatic carbocycles. The van der Waals surface area contributed by atoms with Gasteiger partial charge in [-0.15, -0.1) is 0 Å². The minimum absolute atomic E-state index is 0.132. The van der Waals surface area contributed by atoms with E-state index in [0.717, 1.165) is 11.3 Å². The number of benzene rings is 1. The predicted molar refractivity (Wildman–Crippen MR) is 103 cm³/mol. The van der Waals surface area contributed by atoms with Crippen molar-refractivity contribution in [2.75, 3.05) is 13.1 Å². The maximum atomic E-state index is 13.2. The summed E-state index contributed by atoms with van der Waals surface area (Å²) in [5.74, 6) is -1.79. The molecule has 1 N–H and O–H groups in total. The number of nitrogens with zero attached hydrogens (tertiary/aromatic N) is 3. The zero-order valence-electron chi connectivity index (χ0n) is 16.3. The molecule has 0 aliphatic carbocycles. The van der Waals surface area contributed by atoms with Crippen LogP contribution < -0.4 is 0 Å². The summed E-state index contributed by atoms with van der Waals surface area (Å²) in [6.45, 7) is 8.79. The van der Waals surface area contributed by atoms with Gasteiger partial charge in [0.05, 0.1) is 28.9 Å². The Morgan fingerprint density at radius 3 is 2.41 bits per heavy atom. The van der Waals surface area contributed by atoms with Gasteiger partial charge in [-0.2, -0.15) is 5.10 Å². The van der Waals surface area contributed by atoms with Crippen LogP contribution in [0.5, 0.6) is 0 Å². The molecule has 1 aliphatic rings. The lowest BCUT2D eigenvalue weighted by Crippen LogP contribution is -2.31. The SMILES string of the molecule is CCc1c(C(=O)N2C[C@H](C(=O)O)[C@H](c3ccccc3)C2)cnn1C(C)(C)C. The van der Waals surface area contributed by atoms with Gasteiger partial charge >= 0.3 is 5.97 Å². The van der Waals surface area contributed by atoms with Crippen molar-refractivity contribution < 1.29 is 14.7 Å². The molecule has 2 atom stereocenters. The van der Waals surface area contributed by atoms with Gasteiger partial charge in [0, 0.05) is 19.0 Å². The Morgan fingerprint density at radius 1 is 1.19 bits per heavy atom. The highest BCUT2D eigenvalue weighted by molar-refractivity contribution is 5.96. The van der Waals surface area contributed by atoms with E-state index in [2.05, 4.69) is 25.9 Å². The molecule has 6 nitrogen and oxygen atoms in total. The minimum atomic E-state index is -0.861. The number of rotatable bonds is 4. The number of aliphatic carboxylic acids is 1. The zero-order chi connectivity index (χ0) is 19.8. The summed E-state index contributed by atoms with van der Waals surface area (Å²) in [7, 11) is 0. The molecule has 1 saturated heterocycles. The van der Waals surface area contributed by atoms with Crippen LogP contribution in [0.1, 0.15) is 55.2 Å². The molecule has 27 heavy (non-hydrogen) atoms. The predicted octanol–water partition coefficient (Wildman–Crippen LogP) is 3.14. The molecule has 1 aromatic heterocycles. The second kappa shape index (κ2) is 7.18. The monoisotopic (exact) mass is 369 g/mol. The summed E-state index contributed by atoms with van der Waals surface area (Å²) < 4.78 is 1.89. The third-order valence-electron chi connectivity index (χ3n) is 5.22. The van der Waals surface area contributed by atoms with Crippen molar-refractivity contribution in [1.82, 2.24) is 14.7 Å². The first-order valence-corrected chi connectivity index (χ1v) is 9.38. The summed E-state index contributed by atoms with van der Waals surface area (Å²) in [5, 5.41) is 14.1. The molecular weight excluding hydrogens is 342 g/mol. The minimum Gasteiger partial charge on any atom is -0.481 e. The molecule has 3 rings (SSSR count). The highest BCUT2D eigenvalue weighted by atomic mass is 16.4. The first kappa shape index (κ1) is 19.1. The van der Waals surface area contributed by atoms with E-state index in [1.54, 1.807) is 11.1 Å². The molecule has 0 spiro atoms. The van der Waals surface area contributed by atoms with Gasteiger partial charge in [-0.3, -0.25) is 14.3 Å². The van der Waals surface area contributed by atoms with Gasteiger partial charge in [-0.1, -0.05) is 37.3 Å². The summed E-state index contributed by atoms with van der Waals surface area (Å²) in [5.41, 5.74) is 2.21. The normalized spacial score (nSPS) is 20.1. The van der Waals surface area contributed by atoms with Crippen LogP contribution in [0.3, 0.4) is 0 Å². The molecule has 0 bridgehead atoms. The fourth-order valence-corrected chi connectivity index (χ4v) is 3.90. The third kappa shape index (κ3) is 3.61. The molecule has 0 unspecified atom stereocenters. The van der Waals surface area contributed by atoms with Crippen molar-refractivity contribution in [3.63, 3.8) is 0 Å². The van der Waals surface area contributed by atoms with Gasteiger partial charge in [0.2, 0.25) is 0 Å². The van der Waals surface area contributed by atoms with Crippen molar-refractivity contribution in [1.29, 1.82) is 0 Å². The topological polar surface area (TPSA) is 75.4 Å². The largest absolute Gasteiger partial charge is 0.481 e. The Bertz CT molecular complexity index is 836. The number of carbonyl (C=O) groups is 2. The van der Waals surface area contributed by atoms with E-state index in [9.17, 15) is 14.7 Å². The number of carboxylic acids is 1. The van der Waals surface area contributed by atoms with Crippen LogP contribution in [0, 0.1) is 5.92 Å². The van der Waals surface area contributed by atoms with Gasteiger partial charge in [0.15, 0.2) is 0 Å². The van der Waals surface area contributed by atoms with Gasteiger partial charge in [-0.05, 0) is 32.8 Å². The third-order valence-corrected chi connectivity index (χ3v) is 5.22. The molecule has 2 heterocycles. The first-order valence-electron chi connectivity index (χ1n) is 9.38. The lowest BCUT2D eigenvalue weighted by Gasteiger charge is -2.23. The molecule has 6 heteroatoms. The molecular formula is C21H27N3O3. The van der Waals surface area contributed by atoms with Crippen molar-refractivity contribution in [2.24, 2.45) is 5.92 Å². The number of hydrogen-bond acceptors (Lipinski definition) is 3. The molecule has 1 fully saturated rings. The lowest BCUT2D eigenvalue weighted by molar-refractivity contribution is -0.141. The maximum absolute atomic E-state index is 13.2. The van der Waals surface area contributed by atoms with Crippen LogP contribution in [-0.4, -0.2) is 44.8 Å². The molecule has 1 aliphatic heterocycles. The molecule has 0 saturated carbocycles. The number of carboxylic acid groups (broad SMARTS) is 1. The summed E-state index contributed by atoms with van der Waals surface area (Å²) >= 11 is 0. The Hall–Kier alpha value is -2.63. The number of hydrogen-bond donors (Lipinski definition) is 1. The smallest absolute Gasteiger partial charge is 0.308 e. The average Bonchev–Trinajstić information content (AvgIpc) is 3.26. The molecule has 0 radical (unpaired) electrons. The van der Waals surface area contributed by atoms with Gasteiger partial charge in [0.1, 0.15) is 0 Å². The van der Waals surface area contributed by atoms with Crippen LogP contribution in [0.2, 0.25) is 0 Å². The second-order valence-corrected chi connectivity index (χ2v) is 8.11. The quantitative estimate of drug-likeness (QED) is 0.898. The number of amides is 1. The summed E-state index contributed by atoms with van der Waals surface area (Å²) in [6, 6.07) is 9.58. The van der Waals surface area contributed by atoms with Gasteiger partial charge in [0.25, 0.3) is 5.91 Å². The standard InChI is InChI=1S/C21H27N3O3/c1-5-18-15(11-22-24(18)21(2,3)4)19(25)23-12-16(17(13-23)20(26)27)14-9-7-6-8-10-14/h6-11,16-17H,5,12-13H2,1-4H3,(H,26,27)/t16-,17-/m0/s1. The fourth-order valence-electron chi connectivity index (χ4n) is 3.90. The molecule has 144 valence electrons. The van der Waals surface area contributed by atoms with E-state index >= 15 is 0 Å². The van der Waals surface area contributed by atoms with Crippen molar-refractivity contribution >= 4 is 11.9 Å². The highest BCUT2D eigenvalue weighted by Gasteiger charge is 2.41. The lowest BCUT2D eigenvalue weighted by atomic mass is 9.89. The van der Waals surface area contributed by atoms with Crippen molar-refractivity contribution in [2.45, 2.75) is 45.6 Å². The number of carbonyl (C=O) groups excluding carboxylic acids is 1. The molecule has 2 aromatic rings. The van der Waals surface area contributed by atoms with Crippen molar-refractivity contribution in [3.8, 4) is 0 Å². The zero-order valence-corrected chi connectivity index (χ0v) is 16.3. The van der Waals surface area contributed by atoms with Gasteiger partial charge < -0.3 is 10.0 Å². The van der Waals surface area contributed by atoms with Crippen LogP contribution in [-0.2, 0) is 16.8 Å². The molecule has 1 amide bonds. The number of likely N-dealkylation sites (tertiary alicyclic amines) is 1. The van der Waals surface area contributed by atoms with Crippen LogP contribution in [0.25, 0.3) is 0 Å². The maximum Gasteiger partial charge on any atom is 0.308 e. The van der Waals surface area contributed by atoms with Crippen molar-refractivity contribution in [3.05, 3.63) is 53.3 Å². The second-order valence-electron chi connectivity index (χ2n) is 8.11. The van der Waals surface area contributed by atoms with E-state index in [1.165, 1.54) is 0 Å². The van der Waals surface area contributed by atoms with Crippen LogP contribution >= 0.6 is 0 Å². The number of aromatic nitrogens is 2. The Labute approximate surface area is 159 Å². The summed E-state index contributed by atoms with van der Waals surface area (Å²) in [4.78, 5) is 26.7. The van der Waals surface area contributed by atoms with Crippen LogP contribution in [0.4, 0.5) is 0 Å². The highest BCUT2D eigenvalue weighted by Crippen LogP contribution is 2.34. The Morgan fingerprint density at radius 2 is 1.85 bits per heavy atom.